The molecular weight excluding hydrogens is 230 g/mol. The highest BCUT2D eigenvalue weighted by molar-refractivity contribution is 5.78. The molecule has 3 aromatic rings. The van der Waals surface area contributed by atoms with Crippen molar-refractivity contribution in [2.24, 2.45) is 0 Å². The molecule has 3 rings (SSSR count). The van der Waals surface area contributed by atoms with Crippen LogP contribution in [0.25, 0.3) is 16.7 Å². The number of fused-ring (bicyclic) bond motifs is 3. The number of methoxy groups -OCH3 is 1. The van der Waals surface area contributed by atoms with Crippen LogP contribution in [-0.2, 0) is 0 Å². The van der Waals surface area contributed by atoms with Crippen LogP contribution >= 0.6 is 0 Å². The number of aromatic nitrogens is 3. The highest BCUT2D eigenvalue weighted by Crippen LogP contribution is 2.24. The van der Waals surface area contributed by atoms with E-state index in [1.165, 1.54) is 0 Å². The quantitative estimate of drug-likeness (QED) is 0.708. The minimum Gasteiger partial charge on any atom is -0.481 e. The Morgan fingerprint density at radius 3 is 2.89 bits per heavy atom. The molecule has 5 nitrogen and oxygen atoms in total. The maximum atomic E-state index is 5.55. The number of hydrogen-bond acceptors (Lipinski definition) is 4. The van der Waals surface area contributed by atoms with Crippen LogP contribution in [-0.4, -0.2) is 28.1 Å². The van der Waals surface area contributed by atoms with E-state index in [2.05, 4.69) is 9.97 Å². The number of rotatable bonds is 3. The zero-order chi connectivity index (χ0) is 12.5. The summed E-state index contributed by atoms with van der Waals surface area (Å²) < 4.78 is 12.6. The Morgan fingerprint density at radius 1 is 1.22 bits per heavy atom. The summed E-state index contributed by atoms with van der Waals surface area (Å²) in [7, 11) is 1.60. The van der Waals surface area contributed by atoms with Crippen LogP contribution in [0.2, 0.25) is 0 Å². The van der Waals surface area contributed by atoms with Crippen molar-refractivity contribution in [2.75, 3.05) is 13.7 Å². The molecule has 0 atom stereocenters. The van der Waals surface area contributed by atoms with Gasteiger partial charge < -0.3 is 9.47 Å². The molecule has 5 heteroatoms. The van der Waals surface area contributed by atoms with Crippen molar-refractivity contribution >= 4 is 16.7 Å². The molecule has 0 saturated heterocycles. The standard InChI is InChI=1S/C13H13N3O2/c1-3-18-13-10-5-4-8-16(10)12-9(14-13)6-7-11(15-12)17-2/h4-8H,3H2,1-2H3. The molecule has 0 unspecified atom stereocenters. The molecule has 3 aromatic heterocycles. The molecule has 0 N–H and O–H groups in total. The molecule has 0 spiro atoms. The predicted molar refractivity (Wildman–Crippen MR) is 68.2 cm³/mol. The molecule has 0 amide bonds. The van der Waals surface area contributed by atoms with E-state index in [0.29, 0.717) is 18.4 Å². The molecule has 18 heavy (non-hydrogen) atoms. The van der Waals surface area contributed by atoms with E-state index in [4.69, 9.17) is 9.47 Å². The van der Waals surface area contributed by atoms with Crippen LogP contribution in [0.3, 0.4) is 0 Å². The van der Waals surface area contributed by atoms with Gasteiger partial charge in [-0.05, 0) is 25.1 Å². The smallest absolute Gasteiger partial charge is 0.239 e. The summed E-state index contributed by atoms with van der Waals surface area (Å²) in [6.07, 6.45) is 1.94. The van der Waals surface area contributed by atoms with Crippen molar-refractivity contribution in [3.8, 4) is 11.8 Å². The summed E-state index contributed by atoms with van der Waals surface area (Å²) in [4.78, 5) is 8.90. The third kappa shape index (κ3) is 1.55. The predicted octanol–water partition coefficient (Wildman–Crippen LogP) is 2.29. The monoisotopic (exact) mass is 243 g/mol. The normalized spacial score (nSPS) is 11.0. The Labute approximate surface area is 104 Å². The van der Waals surface area contributed by atoms with Gasteiger partial charge in [0.15, 0.2) is 5.65 Å². The van der Waals surface area contributed by atoms with E-state index >= 15 is 0 Å². The highest BCUT2D eigenvalue weighted by Gasteiger charge is 2.10. The van der Waals surface area contributed by atoms with E-state index < -0.39 is 0 Å². The Morgan fingerprint density at radius 2 is 2.11 bits per heavy atom. The van der Waals surface area contributed by atoms with Crippen LogP contribution in [0, 0.1) is 0 Å². The van der Waals surface area contributed by atoms with Crippen LogP contribution in [0.15, 0.2) is 30.5 Å². The van der Waals surface area contributed by atoms with Gasteiger partial charge in [-0.3, -0.25) is 4.40 Å². The van der Waals surface area contributed by atoms with Crippen molar-refractivity contribution in [3.05, 3.63) is 30.5 Å². The minimum absolute atomic E-state index is 0.573. The number of ether oxygens (including phenoxy) is 2. The van der Waals surface area contributed by atoms with Gasteiger partial charge in [-0.15, -0.1) is 0 Å². The maximum Gasteiger partial charge on any atom is 0.239 e. The first-order valence-electron chi connectivity index (χ1n) is 5.78. The van der Waals surface area contributed by atoms with Crippen LogP contribution < -0.4 is 9.47 Å². The zero-order valence-corrected chi connectivity index (χ0v) is 10.3. The van der Waals surface area contributed by atoms with Gasteiger partial charge in [-0.2, -0.15) is 4.98 Å². The summed E-state index contributed by atoms with van der Waals surface area (Å²) in [5.41, 5.74) is 2.45. The Hall–Kier alpha value is -2.30. The van der Waals surface area contributed by atoms with Gasteiger partial charge in [-0.25, -0.2) is 4.98 Å². The average molecular weight is 243 g/mol. The van der Waals surface area contributed by atoms with Gasteiger partial charge in [0.1, 0.15) is 11.0 Å². The molecule has 0 aliphatic carbocycles. The SMILES string of the molecule is CCOc1nc2ccc(OC)nc2n2cccc12. The summed E-state index contributed by atoms with van der Waals surface area (Å²) in [5.74, 6) is 1.20. The van der Waals surface area contributed by atoms with Gasteiger partial charge in [0, 0.05) is 12.3 Å². The van der Waals surface area contributed by atoms with Crippen LogP contribution in [0.1, 0.15) is 6.92 Å². The van der Waals surface area contributed by atoms with E-state index in [-0.39, 0.29) is 0 Å². The highest BCUT2D eigenvalue weighted by atomic mass is 16.5. The molecule has 0 aliphatic rings. The number of pyridine rings is 1. The lowest BCUT2D eigenvalue weighted by Gasteiger charge is -2.08. The lowest BCUT2D eigenvalue weighted by atomic mass is 10.4. The average Bonchev–Trinajstić information content (AvgIpc) is 2.88. The molecule has 92 valence electrons. The topological polar surface area (TPSA) is 48.7 Å². The van der Waals surface area contributed by atoms with Crippen molar-refractivity contribution in [1.29, 1.82) is 0 Å². The summed E-state index contributed by atoms with van der Waals surface area (Å²) in [5, 5.41) is 0. The Balaban J connectivity index is 2.36. The van der Waals surface area contributed by atoms with E-state index in [9.17, 15) is 0 Å². The van der Waals surface area contributed by atoms with E-state index in [1.54, 1.807) is 13.2 Å². The molecule has 0 radical (unpaired) electrons. The minimum atomic E-state index is 0.573. The Kier molecular flexibility index (Phi) is 2.51. The zero-order valence-electron chi connectivity index (χ0n) is 10.3. The molecule has 0 bridgehead atoms. The fourth-order valence-electron chi connectivity index (χ4n) is 1.95. The van der Waals surface area contributed by atoms with Crippen molar-refractivity contribution in [1.82, 2.24) is 14.4 Å². The lowest BCUT2D eigenvalue weighted by Crippen LogP contribution is -2.01. The molecule has 0 fully saturated rings. The second kappa shape index (κ2) is 4.18. The molecular formula is C13H13N3O2. The third-order valence-electron chi connectivity index (χ3n) is 2.74. The van der Waals surface area contributed by atoms with E-state index in [1.807, 2.05) is 35.7 Å². The Bertz CT molecular complexity index is 706. The summed E-state index contributed by atoms with van der Waals surface area (Å²) in [6.45, 7) is 2.53. The molecule has 0 aliphatic heterocycles. The van der Waals surface area contributed by atoms with Crippen LogP contribution in [0.5, 0.6) is 11.8 Å². The third-order valence-corrected chi connectivity index (χ3v) is 2.74. The van der Waals surface area contributed by atoms with Gasteiger partial charge >= 0.3 is 0 Å². The second-order valence-electron chi connectivity index (χ2n) is 3.81. The van der Waals surface area contributed by atoms with Gasteiger partial charge in [-0.1, -0.05) is 0 Å². The first-order valence-corrected chi connectivity index (χ1v) is 5.78. The fraction of sp³-hybridized carbons (Fsp3) is 0.231. The molecule has 3 heterocycles. The first-order chi connectivity index (χ1) is 8.83. The second-order valence-corrected chi connectivity index (χ2v) is 3.81. The fourth-order valence-corrected chi connectivity index (χ4v) is 1.95. The maximum absolute atomic E-state index is 5.55. The van der Waals surface area contributed by atoms with Gasteiger partial charge in [0.05, 0.1) is 13.7 Å². The van der Waals surface area contributed by atoms with Gasteiger partial charge in [0.25, 0.3) is 0 Å². The number of hydrogen-bond donors (Lipinski definition) is 0. The largest absolute Gasteiger partial charge is 0.481 e. The molecule has 0 saturated carbocycles. The van der Waals surface area contributed by atoms with Crippen LogP contribution in [0.4, 0.5) is 0 Å². The van der Waals surface area contributed by atoms with Crippen molar-refractivity contribution in [3.63, 3.8) is 0 Å². The molecule has 0 aromatic carbocycles. The van der Waals surface area contributed by atoms with Crippen molar-refractivity contribution in [2.45, 2.75) is 6.92 Å². The van der Waals surface area contributed by atoms with Crippen molar-refractivity contribution < 1.29 is 9.47 Å². The van der Waals surface area contributed by atoms with E-state index in [0.717, 1.165) is 16.7 Å². The van der Waals surface area contributed by atoms with Gasteiger partial charge in [0.2, 0.25) is 11.8 Å². The lowest BCUT2D eigenvalue weighted by molar-refractivity contribution is 0.331. The summed E-state index contributed by atoms with van der Waals surface area (Å²) in [6, 6.07) is 7.57. The summed E-state index contributed by atoms with van der Waals surface area (Å²) >= 11 is 0. The number of nitrogens with zero attached hydrogens (tertiary/aromatic N) is 3. The first kappa shape index (κ1) is 10.8.